The van der Waals surface area contributed by atoms with Crippen LogP contribution in [0.2, 0.25) is 0 Å². The van der Waals surface area contributed by atoms with Gasteiger partial charge in [-0.25, -0.2) is 0 Å². The first-order valence-corrected chi connectivity index (χ1v) is 3.99. The Hall–Kier alpha value is -1.58. The van der Waals surface area contributed by atoms with Crippen LogP contribution in [-0.2, 0) is 6.18 Å². The fourth-order valence-electron chi connectivity index (χ4n) is 1.25. The number of rotatable bonds is 0. The number of alkyl halides is 3. The molecule has 1 nitrogen and oxygen atoms in total. The van der Waals surface area contributed by atoms with E-state index in [0.717, 1.165) is 12.1 Å². The lowest BCUT2D eigenvalue weighted by molar-refractivity contribution is -0.137. The van der Waals surface area contributed by atoms with Crippen molar-refractivity contribution in [2.45, 2.75) is 6.18 Å². The first kappa shape index (κ1) is 8.99. The standard InChI is InChI=1S/C10H6F3N/c11-10(12,13)8-3-4-9-7(6-8)2-1-5-14-9/h1-6H. The molecule has 0 N–H and O–H groups in total. The van der Waals surface area contributed by atoms with Gasteiger partial charge in [0.15, 0.2) is 0 Å². The molecule has 0 aliphatic heterocycles. The van der Waals surface area contributed by atoms with Crippen LogP contribution in [-0.4, -0.2) is 4.98 Å². The first-order chi connectivity index (χ1) is 6.57. The lowest BCUT2D eigenvalue weighted by atomic mass is 10.1. The van der Waals surface area contributed by atoms with Gasteiger partial charge in [0.05, 0.1) is 11.1 Å². The quantitative estimate of drug-likeness (QED) is 0.631. The molecule has 1 aromatic carbocycles. The van der Waals surface area contributed by atoms with Gasteiger partial charge in [0.25, 0.3) is 0 Å². The third kappa shape index (κ3) is 1.55. The monoisotopic (exact) mass is 197 g/mol. The largest absolute Gasteiger partial charge is 0.416 e. The lowest BCUT2D eigenvalue weighted by Gasteiger charge is -2.06. The van der Waals surface area contributed by atoms with Gasteiger partial charge < -0.3 is 0 Å². The predicted octanol–water partition coefficient (Wildman–Crippen LogP) is 3.25. The second-order valence-corrected chi connectivity index (χ2v) is 2.91. The number of pyridine rings is 1. The predicted molar refractivity (Wildman–Crippen MR) is 46.7 cm³/mol. The smallest absolute Gasteiger partial charge is 0.256 e. The molecular formula is C10H6F3N. The summed E-state index contributed by atoms with van der Waals surface area (Å²) in [5.41, 5.74) is -0.0708. The highest BCUT2D eigenvalue weighted by atomic mass is 19.4. The summed E-state index contributed by atoms with van der Waals surface area (Å²) < 4.78 is 36.9. The van der Waals surface area contributed by atoms with E-state index >= 15 is 0 Å². The average Bonchev–Trinajstić information content (AvgIpc) is 2.16. The molecule has 14 heavy (non-hydrogen) atoms. The van der Waals surface area contributed by atoms with Crippen molar-refractivity contribution >= 4 is 10.9 Å². The van der Waals surface area contributed by atoms with Crippen LogP contribution in [0.25, 0.3) is 10.9 Å². The molecule has 2 rings (SSSR count). The Morgan fingerprint density at radius 3 is 2.57 bits per heavy atom. The molecule has 0 radical (unpaired) electrons. The minimum Gasteiger partial charge on any atom is -0.256 e. The van der Waals surface area contributed by atoms with E-state index in [1.165, 1.54) is 6.07 Å². The number of nitrogens with zero attached hydrogens (tertiary/aromatic N) is 1. The van der Waals surface area contributed by atoms with Gasteiger partial charge in [0.1, 0.15) is 0 Å². The van der Waals surface area contributed by atoms with E-state index in [1.54, 1.807) is 18.3 Å². The summed E-state index contributed by atoms with van der Waals surface area (Å²) in [4.78, 5) is 3.94. The van der Waals surface area contributed by atoms with Crippen molar-refractivity contribution < 1.29 is 13.2 Å². The molecule has 2 aromatic rings. The van der Waals surface area contributed by atoms with Gasteiger partial charge in [-0.1, -0.05) is 6.07 Å². The molecule has 4 heteroatoms. The highest BCUT2D eigenvalue weighted by Crippen LogP contribution is 2.30. The zero-order chi connectivity index (χ0) is 10.2. The molecule has 0 saturated carbocycles. The minimum atomic E-state index is -4.29. The highest BCUT2D eigenvalue weighted by Gasteiger charge is 2.30. The van der Waals surface area contributed by atoms with E-state index in [4.69, 9.17) is 0 Å². The van der Waals surface area contributed by atoms with Crippen molar-refractivity contribution in [2.24, 2.45) is 0 Å². The van der Waals surface area contributed by atoms with Crippen LogP contribution >= 0.6 is 0 Å². The molecule has 0 unspecified atom stereocenters. The Bertz CT molecular complexity index is 462. The molecule has 0 fully saturated rings. The van der Waals surface area contributed by atoms with Crippen LogP contribution in [0, 0.1) is 0 Å². The summed E-state index contributed by atoms with van der Waals surface area (Å²) in [5.74, 6) is 0. The Kier molecular flexibility index (Phi) is 1.91. The molecule has 0 atom stereocenters. The van der Waals surface area contributed by atoms with Crippen LogP contribution in [0.15, 0.2) is 36.5 Å². The lowest BCUT2D eigenvalue weighted by Crippen LogP contribution is -2.04. The molecule has 0 aliphatic rings. The molecule has 0 spiro atoms. The van der Waals surface area contributed by atoms with Gasteiger partial charge in [-0.05, 0) is 24.3 Å². The van der Waals surface area contributed by atoms with Gasteiger partial charge >= 0.3 is 6.18 Å². The van der Waals surface area contributed by atoms with Gasteiger partial charge in [0.2, 0.25) is 0 Å². The molecule has 0 saturated heterocycles. The average molecular weight is 197 g/mol. The summed E-state index contributed by atoms with van der Waals surface area (Å²) in [7, 11) is 0. The molecular weight excluding hydrogens is 191 g/mol. The van der Waals surface area contributed by atoms with E-state index in [-0.39, 0.29) is 0 Å². The van der Waals surface area contributed by atoms with E-state index in [9.17, 15) is 13.2 Å². The van der Waals surface area contributed by atoms with E-state index < -0.39 is 11.7 Å². The third-order valence-electron chi connectivity index (χ3n) is 1.93. The van der Waals surface area contributed by atoms with Crippen molar-refractivity contribution in [3.63, 3.8) is 0 Å². The van der Waals surface area contributed by atoms with E-state index in [0.29, 0.717) is 10.9 Å². The second kappa shape index (κ2) is 2.97. The number of hydrogen-bond donors (Lipinski definition) is 0. The molecule has 1 aromatic heterocycles. The molecule has 0 amide bonds. The van der Waals surface area contributed by atoms with E-state index in [2.05, 4.69) is 4.98 Å². The van der Waals surface area contributed by atoms with Crippen LogP contribution < -0.4 is 0 Å². The molecule has 0 aliphatic carbocycles. The fraction of sp³-hybridized carbons (Fsp3) is 0.100. The minimum absolute atomic E-state index is 0.502. The SMILES string of the molecule is FC(F)(F)c1ccc2ncccc2c1. The maximum atomic E-state index is 12.3. The Labute approximate surface area is 78.2 Å². The molecule has 0 bridgehead atoms. The van der Waals surface area contributed by atoms with Gasteiger partial charge in [0, 0.05) is 11.6 Å². The van der Waals surface area contributed by atoms with Crippen molar-refractivity contribution in [3.05, 3.63) is 42.1 Å². The maximum absolute atomic E-state index is 12.3. The molecule has 72 valence electrons. The number of fused-ring (bicyclic) bond motifs is 1. The summed E-state index contributed by atoms with van der Waals surface area (Å²) in [5, 5.41) is 0.502. The Morgan fingerprint density at radius 2 is 1.86 bits per heavy atom. The van der Waals surface area contributed by atoms with Crippen LogP contribution in [0.4, 0.5) is 13.2 Å². The summed E-state index contributed by atoms with van der Waals surface area (Å²) in [6.07, 6.45) is -2.74. The number of hydrogen-bond acceptors (Lipinski definition) is 1. The zero-order valence-electron chi connectivity index (χ0n) is 7.05. The maximum Gasteiger partial charge on any atom is 0.416 e. The molecule has 1 heterocycles. The van der Waals surface area contributed by atoms with Crippen LogP contribution in [0.1, 0.15) is 5.56 Å². The van der Waals surface area contributed by atoms with Crippen LogP contribution in [0.5, 0.6) is 0 Å². The topological polar surface area (TPSA) is 12.9 Å². The number of benzene rings is 1. The number of halogens is 3. The van der Waals surface area contributed by atoms with Gasteiger partial charge in [-0.3, -0.25) is 4.98 Å². The van der Waals surface area contributed by atoms with Crippen molar-refractivity contribution in [3.8, 4) is 0 Å². The van der Waals surface area contributed by atoms with Crippen molar-refractivity contribution in [1.82, 2.24) is 4.98 Å². The summed E-state index contributed by atoms with van der Waals surface area (Å²) in [6.45, 7) is 0. The van der Waals surface area contributed by atoms with E-state index in [1.807, 2.05) is 0 Å². The first-order valence-electron chi connectivity index (χ1n) is 3.99. The van der Waals surface area contributed by atoms with Crippen LogP contribution in [0.3, 0.4) is 0 Å². The normalized spacial score (nSPS) is 11.9. The van der Waals surface area contributed by atoms with Gasteiger partial charge in [-0.15, -0.1) is 0 Å². The van der Waals surface area contributed by atoms with Crippen molar-refractivity contribution in [1.29, 1.82) is 0 Å². The summed E-state index contributed by atoms with van der Waals surface area (Å²) in [6, 6.07) is 6.73. The Balaban J connectivity index is 2.63. The number of aromatic nitrogens is 1. The second-order valence-electron chi connectivity index (χ2n) is 2.91. The third-order valence-corrected chi connectivity index (χ3v) is 1.93. The Morgan fingerprint density at radius 1 is 1.07 bits per heavy atom. The van der Waals surface area contributed by atoms with Crippen molar-refractivity contribution in [2.75, 3.05) is 0 Å². The fourth-order valence-corrected chi connectivity index (χ4v) is 1.25. The zero-order valence-corrected chi connectivity index (χ0v) is 7.05. The van der Waals surface area contributed by atoms with Gasteiger partial charge in [-0.2, -0.15) is 13.2 Å². The summed E-state index contributed by atoms with van der Waals surface area (Å²) >= 11 is 0. The highest BCUT2D eigenvalue weighted by molar-refractivity contribution is 5.79.